The van der Waals surface area contributed by atoms with Crippen LogP contribution in [0.5, 0.6) is 11.5 Å². The lowest BCUT2D eigenvalue weighted by Crippen LogP contribution is -2.43. The average Bonchev–Trinajstić information content (AvgIpc) is 3.29. The van der Waals surface area contributed by atoms with Gasteiger partial charge in [-0.1, -0.05) is 30.3 Å². The highest BCUT2D eigenvalue weighted by Crippen LogP contribution is 2.36. The zero-order valence-corrected chi connectivity index (χ0v) is 21.2. The SMILES string of the molecule is CC(C)(C)OC(=O)N1CCC[C@@H](n2cc(-c3ccc(Oc4ccccc4)cc3)c3c(N)n[nH]c(=O)c32)C1. The van der Waals surface area contributed by atoms with Crippen molar-refractivity contribution in [1.82, 2.24) is 19.7 Å². The second-order valence-electron chi connectivity index (χ2n) is 10.3. The maximum absolute atomic E-state index is 13.0. The lowest BCUT2D eigenvalue weighted by Gasteiger charge is -2.35. The van der Waals surface area contributed by atoms with E-state index in [1.807, 2.05) is 86.1 Å². The highest BCUT2D eigenvalue weighted by Gasteiger charge is 2.30. The summed E-state index contributed by atoms with van der Waals surface area (Å²) < 4.78 is 13.4. The number of ether oxygens (including phenoxy) is 2. The first-order chi connectivity index (χ1) is 17.7. The van der Waals surface area contributed by atoms with E-state index in [4.69, 9.17) is 15.2 Å². The van der Waals surface area contributed by atoms with Gasteiger partial charge in [-0.2, -0.15) is 5.10 Å². The Bertz CT molecular complexity index is 1470. The molecule has 3 heterocycles. The van der Waals surface area contributed by atoms with Gasteiger partial charge in [0.1, 0.15) is 22.6 Å². The van der Waals surface area contributed by atoms with Crippen molar-refractivity contribution in [3.8, 4) is 22.6 Å². The van der Waals surface area contributed by atoms with Crippen LogP contribution in [0.15, 0.2) is 65.6 Å². The summed E-state index contributed by atoms with van der Waals surface area (Å²) in [5, 5.41) is 7.13. The number of carbonyl (C=O) groups excluding carboxylic acids is 1. The van der Waals surface area contributed by atoms with Gasteiger partial charge in [-0.05, 0) is 63.4 Å². The number of aromatic amines is 1. The summed E-state index contributed by atoms with van der Waals surface area (Å²) >= 11 is 0. The van der Waals surface area contributed by atoms with E-state index in [0.29, 0.717) is 29.7 Å². The number of piperidine rings is 1. The number of nitrogen functional groups attached to an aromatic ring is 1. The Kier molecular flexibility index (Phi) is 6.37. The fourth-order valence-corrected chi connectivity index (χ4v) is 4.74. The Morgan fingerprint density at radius 1 is 1.08 bits per heavy atom. The van der Waals surface area contributed by atoms with E-state index in [-0.39, 0.29) is 23.5 Å². The van der Waals surface area contributed by atoms with Gasteiger partial charge in [-0.3, -0.25) is 4.79 Å². The van der Waals surface area contributed by atoms with Crippen molar-refractivity contribution in [2.24, 2.45) is 0 Å². The lowest BCUT2D eigenvalue weighted by atomic mass is 10.1. The molecular formula is C28H31N5O4. The molecule has 2 aromatic carbocycles. The summed E-state index contributed by atoms with van der Waals surface area (Å²) in [5.41, 5.74) is 7.50. The molecule has 37 heavy (non-hydrogen) atoms. The number of rotatable bonds is 4. The number of fused-ring (bicyclic) bond motifs is 1. The minimum Gasteiger partial charge on any atom is -0.457 e. The molecule has 5 rings (SSSR count). The number of nitrogens with two attached hydrogens (primary N) is 1. The zero-order chi connectivity index (χ0) is 26.2. The molecule has 1 atom stereocenters. The Balaban J connectivity index is 1.49. The van der Waals surface area contributed by atoms with Crippen molar-refractivity contribution < 1.29 is 14.3 Å². The molecular weight excluding hydrogens is 470 g/mol. The molecule has 0 saturated carbocycles. The Hall–Kier alpha value is -4.27. The Morgan fingerprint density at radius 2 is 1.78 bits per heavy atom. The van der Waals surface area contributed by atoms with E-state index in [0.717, 1.165) is 29.7 Å². The third-order valence-electron chi connectivity index (χ3n) is 6.37. The molecule has 0 radical (unpaired) electrons. The topological polar surface area (TPSA) is 115 Å². The predicted octanol–water partition coefficient (Wildman–Crippen LogP) is 5.34. The van der Waals surface area contributed by atoms with Crippen LogP contribution in [0, 0.1) is 0 Å². The van der Waals surface area contributed by atoms with Crippen LogP contribution >= 0.6 is 0 Å². The van der Waals surface area contributed by atoms with Gasteiger partial charge < -0.3 is 24.7 Å². The number of para-hydroxylation sites is 1. The fourth-order valence-electron chi connectivity index (χ4n) is 4.74. The van der Waals surface area contributed by atoms with E-state index >= 15 is 0 Å². The molecule has 0 spiro atoms. The fraction of sp³-hybridized carbons (Fsp3) is 0.321. The first kappa shape index (κ1) is 24.4. The van der Waals surface area contributed by atoms with Gasteiger partial charge >= 0.3 is 6.09 Å². The number of anilines is 1. The molecule has 9 heteroatoms. The van der Waals surface area contributed by atoms with Crippen molar-refractivity contribution in [3.63, 3.8) is 0 Å². The van der Waals surface area contributed by atoms with E-state index in [1.165, 1.54) is 0 Å². The number of nitrogens with zero attached hydrogens (tertiary/aromatic N) is 3. The Morgan fingerprint density at radius 3 is 2.49 bits per heavy atom. The largest absolute Gasteiger partial charge is 0.457 e. The molecule has 1 aliphatic rings. The van der Waals surface area contributed by atoms with Gasteiger partial charge in [0.2, 0.25) is 0 Å². The van der Waals surface area contributed by atoms with Gasteiger partial charge in [0.15, 0.2) is 5.82 Å². The number of hydrogen-bond acceptors (Lipinski definition) is 6. The number of benzene rings is 2. The third kappa shape index (κ3) is 5.16. The monoisotopic (exact) mass is 501 g/mol. The van der Waals surface area contributed by atoms with Crippen LogP contribution in [0.2, 0.25) is 0 Å². The van der Waals surface area contributed by atoms with Crippen molar-refractivity contribution >= 4 is 22.8 Å². The maximum atomic E-state index is 13.0. The lowest BCUT2D eigenvalue weighted by molar-refractivity contribution is 0.0174. The summed E-state index contributed by atoms with van der Waals surface area (Å²) in [6.07, 6.45) is 3.20. The molecule has 1 amide bonds. The summed E-state index contributed by atoms with van der Waals surface area (Å²) in [6.45, 7) is 6.60. The van der Waals surface area contributed by atoms with Gasteiger partial charge in [0.25, 0.3) is 5.56 Å². The molecule has 3 N–H and O–H groups in total. The third-order valence-corrected chi connectivity index (χ3v) is 6.37. The van der Waals surface area contributed by atoms with Crippen LogP contribution in [-0.2, 0) is 4.74 Å². The number of carbonyl (C=O) groups is 1. The summed E-state index contributed by atoms with van der Waals surface area (Å²) in [4.78, 5) is 27.4. The maximum Gasteiger partial charge on any atom is 0.410 e. The number of nitrogens with one attached hydrogen (secondary N) is 1. The molecule has 192 valence electrons. The first-order valence-electron chi connectivity index (χ1n) is 12.4. The molecule has 1 fully saturated rings. The highest BCUT2D eigenvalue weighted by atomic mass is 16.6. The molecule has 1 saturated heterocycles. The van der Waals surface area contributed by atoms with E-state index in [1.54, 1.807) is 4.90 Å². The molecule has 2 aromatic heterocycles. The first-order valence-corrected chi connectivity index (χ1v) is 12.4. The van der Waals surface area contributed by atoms with Crippen LogP contribution in [0.25, 0.3) is 22.0 Å². The average molecular weight is 502 g/mol. The van der Waals surface area contributed by atoms with Crippen LogP contribution in [0.4, 0.5) is 10.6 Å². The van der Waals surface area contributed by atoms with E-state index in [9.17, 15) is 9.59 Å². The zero-order valence-electron chi connectivity index (χ0n) is 21.2. The minimum atomic E-state index is -0.578. The van der Waals surface area contributed by atoms with Crippen LogP contribution in [0.1, 0.15) is 39.7 Å². The molecule has 9 nitrogen and oxygen atoms in total. The van der Waals surface area contributed by atoms with Crippen LogP contribution in [0.3, 0.4) is 0 Å². The van der Waals surface area contributed by atoms with Crippen molar-refractivity contribution in [1.29, 1.82) is 0 Å². The molecule has 4 aromatic rings. The van der Waals surface area contributed by atoms with Crippen molar-refractivity contribution in [3.05, 3.63) is 71.1 Å². The number of likely N-dealkylation sites (tertiary alicyclic amines) is 1. The number of hydrogen-bond donors (Lipinski definition) is 2. The van der Waals surface area contributed by atoms with E-state index in [2.05, 4.69) is 10.2 Å². The smallest absolute Gasteiger partial charge is 0.410 e. The number of H-pyrrole nitrogens is 1. The Labute approximate surface area is 214 Å². The molecule has 0 aliphatic carbocycles. The summed E-state index contributed by atoms with van der Waals surface area (Å²) in [7, 11) is 0. The van der Waals surface area contributed by atoms with Gasteiger partial charge in [0.05, 0.1) is 11.4 Å². The number of aromatic nitrogens is 3. The number of amides is 1. The quantitative estimate of drug-likeness (QED) is 0.390. The van der Waals surface area contributed by atoms with Gasteiger partial charge in [0, 0.05) is 24.8 Å². The second-order valence-corrected chi connectivity index (χ2v) is 10.3. The second kappa shape index (κ2) is 9.65. The summed E-state index contributed by atoms with van der Waals surface area (Å²) in [6, 6.07) is 17.1. The van der Waals surface area contributed by atoms with Gasteiger partial charge in [-0.25, -0.2) is 9.89 Å². The van der Waals surface area contributed by atoms with Crippen LogP contribution in [-0.4, -0.2) is 44.4 Å². The standard InChI is InChI=1S/C28H31N5O4/c1-28(2,3)37-27(35)32-15-7-8-19(16-32)33-17-22(23-24(33)26(34)31-30-25(23)29)18-11-13-21(14-12-18)36-20-9-5-4-6-10-20/h4-6,9-14,17,19H,7-8,15-16H2,1-3H3,(H2,29,30)(H,31,34)/t19-/m1/s1. The predicted molar refractivity (Wildman–Crippen MR) is 143 cm³/mol. The molecule has 0 unspecified atom stereocenters. The molecule has 0 bridgehead atoms. The van der Waals surface area contributed by atoms with Crippen molar-refractivity contribution in [2.45, 2.75) is 45.3 Å². The normalized spacial score (nSPS) is 16.1. The van der Waals surface area contributed by atoms with Crippen molar-refractivity contribution in [2.75, 3.05) is 18.8 Å². The summed E-state index contributed by atoms with van der Waals surface area (Å²) in [5.74, 6) is 1.69. The molecule has 1 aliphatic heterocycles. The van der Waals surface area contributed by atoms with E-state index < -0.39 is 5.60 Å². The van der Waals surface area contributed by atoms with Gasteiger partial charge in [-0.15, -0.1) is 0 Å². The van der Waals surface area contributed by atoms with Crippen LogP contribution < -0.4 is 16.0 Å². The minimum absolute atomic E-state index is 0.110. The highest BCUT2D eigenvalue weighted by molar-refractivity contribution is 6.02.